The van der Waals surface area contributed by atoms with Gasteiger partial charge in [0.1, 0.15) is 5.82 Å². The van der Waals surface area contributed by atoms with E-state index < -0.39 is 14.9 Å². The fourth-order valence-electron chi connectivity index (χ4n) is 3.53. The number of H-pyrrole nitrogens is 1. The van der Waals surface area contributed by atoms with Gasteiger partial charge in [0.15, 0.2) is 0 Å². The van der Waals surface area contributed by atoms with Crippen LogP contribution in [0.15, 0.2) is 76.4 Å². The third-order valence-electron chi connectivity index (χ3n) is 5.34. The highest BCUT2D eigenvalue weighted by Gasteiger charge is 2.20. The molecule has 0 aliphatic heterocycles. The van der Waals surface area contributed by atoms with Crippen LogP contribution in [0.3, 0.4) is 0 Å². The van der Waals surface area contributed by atoms with Crippen molar-refractivity contribution in [2.45, 2.75) is 24.7 Å². The number of aromatic amines is 1. The summed E-state index contributed by atoms with van der Waals surface area (Å²) in [4.78, 5) is 41.7. The molecular formula is C24H21N5O6S. The zero-order valence-electron chi connectivity index (χ0n) is 19.0. The summed E-state index contributed by atoms with van der Waals surface area (Å²) in [7, 11) is -4.07. The van der Waals surface area contributed by atoms with Gasteiger partial charge in [0, 0.05) is 36.3 Å². The largest absolute Gasteiger partial charge is 0.326 e. The molecule has 1 heterocycles. The minimum absolute atomic E-state index is 0.0712. The van der Waals surface area contributed by atoms with Crippen LogP contribution >= 0.6 is 0 Å². The minimum Gasteiger partial charge on any atom is -0.326 e. The number of amides is 1. The predicted octanol–water partition coefficient (Wildman–Crippen LogP) is 3.51. The molecule has 3 N–H and O–H groups in total. The summed E-state index contributed by atoms with van der Waals surface area (Å²) >= 11 is 0. The Hall–Kier alpha value is -4.58. The molecule has 184 valence electrons. The van der Waals surface area contributed by atoms with E-state index in [9.17, 15) is 28.1 Å². The lowest BCUT2D eigenvalue weighted by molar-refractivity contribution is -0.385. The monoisotopic (exact) mass is 507 g/mol. The van der Waals surface area contributed by atoms with Crippen LogP contribution in [0.2, 0.25) is 0 Å². The molecule has 0 saturated heterocycles. The first kappa shape index (κ1) is 24.5. The molecule has 0 radical (unpaired) electrons. The average molecular weight is 508 g/mol. The highest BCUT2D eigenvalue weighted by molar-refractivity contribution is 7.92. The second kappa shape index (κ2) is 9.96. The Kier molecular flexibility index (Phi) is 6.79. The van der Waals surface area contributed by atoms with Crippen LogP contribution in [-0.2, 0) is 21.2 Å². The van der Waals surface area contributed by atoms with Crippen molar-refractivity contribution in [3.05, 3.63) is 98.6 Å². The summed E-state index contributed by atoms with van der Waals surface area (Å²) in [5.74, 6) is 0.0846. The van der Waals surface area contributed by atoms with Gasteiger partial charge in [-0.3, -0.25) is 24.4 Å². The number of rotatable bonds is 8. The second-order valence-electron chi connectivity index (χ2n) is 7.97. The summed E-state index contributed by atoms with van der Waals surface area (Å²) in [5, 5.41) is 14.2. The Balaban J connectivity index is 1.39. The topological polar surface area (TPSA) is 164 Å². The van der Waals surface area contributed by atoms with Crippen molar-refractivity contribution >= 4 is 43.9 Å². The maximum atomic E-state index is 12.8. The quantitative estimate of drug-likeness (QED) is 0.242. The van der Waals surface area contributed by atoms with E-state index in [0.29, 0.717) is 28.0 Å². The van der Waals surface area contributed by atoms with Crippen LogP contribution in [0.1, 0.15) is 17.8 Å². The molecule has 0 aliphatic rings. The molecule has 36 heavy (non-hydrogen) atoms. The predicted molar refractivity (Wildman–Crippen MR) is 134 cm³/mol. The van der Waals surface area contributed by atoms with Crippen LogP contribution in [-0.4, -0.2) is 29.2 Å². The molecule has 1 aromatic heterocycles. The third-order valence-corrected chi connectivity index (χ3v) is 6.87. The number of non-ortho nitro benzene ring substituents is 1. The fourth-order valence-corrected chi connectivity index (χ4v) is 4.86. The van der Waals surface area contributed by atoms with Gasteiger partial charge in [0.25, 0.3) is 21.3 Å². The molecule has 1 amide bonds. The number of carbonyl (C=O) groups excluding carboxylic acids is 1. The molecule has 0 fully saturated rings. The molecule has 4 rings (SSSR count). The molecule has 0 aliphatic carbocycles. The first-order valence-electron chi connectivity index (χ1n) is 10.8. The van der Waals surface area contributed by atoms with E-state index in [4.69, 9.17) is 0 Å². The Morgan fingerprint density at radius 1 is 1.06 bits per heavy atom. The summed E-state index contributed by atoms with van der Waals surface area (Å²) in [6, 6.07) is 16.5. The number of nitrogens with one attached hydrogen (secondary N) is 3. The first-order valence-corrected chi connectivity index (χ1v) is 12.3. The van der Waals surface area contributed by atoms with E-state index in [-0.39, 0.29) is 40.6 Å². The number of nitro benzene ring substituents is 1. The van der Waals surface area contributed by atoms with Gasteiger partial charge in [-0.15, -0.1) is 0 Å². The highest BCUT2D eigenvalue weighted by Crippen LogP contribution is 2.24. The number of para-hydroxylation sites is 1. The zero-order valence-corrected chi connectivity index (χ0v) is 19.8. The van der Waals surface area contributed by atoms with Crippen molar-refractivity contribution < 1.29 is 18.1 Å². The molecule has 0 bridgehead atoms. The normalized spacial score (nSPS) is 11.2. The van der Waals surface area contributed by atoms with Gasteiger partial charge >= 0.3 is 0 Å². The number of nitro groups is 1. The van der Waals surface area contributed by atoms with Crippen molar-refractivity contribution in [2.75, 3.05) is 10.0 Å². The van der Waals surface area contributed by atoms with Crippen molar-refractivity contribution in [1.29, 1.82) is 0 Å². The van der Waals surface area contributed by atoms with Crippen molar-refractivity contribution in [1.82, 2.24) is 9.97 Å². The van der Waals surface area contributed by atoms with E-state index in [1.165, 1.54) is 36.4 Å². The standard InChI is InChI=1S/C24H21N5O6S/c1-15-6-11-18(29(32)33)14-21(15)36(34,35)28-17-9-7-16(8-10-17)25-23(30)13-12-22-26-20-5-3-2-4-19(20)24(31)27-22/h2-11,14,28H,12-13H2,1H3,(H,25,30)(H,26,27,31). The highest BCUT2D eigenvalue weighted by atomic mass is 32.2. The van der Waals surface area contributed by atoms with Crippen molar-refractivity contribution in [3.63, 3.8) is 0 Å². The number of carbonyl (C=O) groups is 1. The minimum atomic E-state index is -4.07. The molecule has 3 aromatic carbocycles. The number of fused-ring (bicyclic) bond motifs is 1. The maximum absolute atomic E-state index is 12.8. The van der Waals surface area contributed by atoms with Gasteiger partial charge in [-0.2, -0.15) is 0 Å². The van der Waals surface area contributed by atoms with Gasteiger partial charge in [0.05, 0.1) is 20.7 Å². The summed E-state index contributed by atoms with van der Waals surface area (Å²) in [5.41, 5.74) is 0.969. The number of aryl methyl sites for hydroxylation is 2. The smallest absolute Gasteiger partial charge is 0.270 e. The number of hydrogen-bond donors (Lipinski definition) is 3. The first-order chi connectivity index (χ1) is 17.1. The SMILES string of the molecule is Cc1ccc([N+](=O)[O-])cc1S(=O)(=O)Nc1ccc(NC(=O)CCc2nc3ccccc3c(=O)[nH]2)cc1. The average Bonchev–Trinajstić information content (AvgIpc) is 2.84. The fraction of sp³-hybridized carbons (Fsp3) is 0.125. The lowest BCUT2D eigenvalue weighted by Crippen LogP contribution is -2.16. The molecule has 0 saturated carbocycles. The van der Waals surface area contributed by atoms with E-state index in [1.807, 2.05) is 0 Å². The molecule has 0 spiro atoms. The van der Waals surface area contributed by atoms with Crippen LogP contribution in [0.25, 0.3) is 10.9 Å². The van der Waals surface area contributed by atoms with Crippen LogP contribution in [0, 0.1) is 17.0 Å². The van der Waals surface area contributed by atoms with Crippen LogP contribution in [0.4, 0.5) is 17.1 Å². The van der Waals surface area contributed by atoms with E-state index >= 15 is 0 Å². The van der Waals surface area contributed by atoms with Crippen LogP contribution in [0.5, 0.6) is 0 Å². The van der Waals surface area contributed by atoms with E-state index in [2.05, 4.69) is 20.0 Å². The number of aromatic nitrogens is 2. The Labute approximate surface area is 205 Å². The maximum Gasteiger partial charge on any atom is 0.270 e. The van der Waals surface area contributed by atoms with Gasteiger partial charge in [-0.05, 0) is 48.9 Å². The summed E-state index contributed by atoms with van der Waals surface area (Å²) in [6.07, 6.45) is 0.300. The lowest BCUT2D eigenvalue weighted by Gasteiger charge is -2.11. The van der Waals surface area contributed by atoms with Crippen molar-refractivity contribution in [2.24, 2.45) is 0 Å². The number of hydrogen-bond acceptors (Lipinski definition) is 7. The Morgan fingerprint density at radius 3 is 2.47 bits per heavy atom. The van der Waals surface area contributed by atoms with Gasteiger partial charge in [-0.25, -0.2) is 13.4 Å². The summed E-state index contributed by atoms with van der Waals surface area (Å²) < 4.78 is 27.9. The van der Waals surface area contributed by atoms with Crippen LogP contribution < -0.4 is 15.6 Å². The second-order valence-corrected chi connectivity index (χ2v) is 9.62. The molecule has 0 unspecified atom stereocenters. The van der Waals surface area contributed by atoms with E-state index in [0.717, 1.165) is 6.07 Å². The number of benzene rings is 3. The molecule has 12 heteroatoms. The van der Waals surface area contributed by atoms with Gasteiger partial charge in [0.2, 0.25) is 5.91 Å². The van der Waals surface area contributed by atoms with Gasteiger partial charge < -0.3 is 10.3 Å². The lowest BCUT2D eigenvalue weighted by atomic mass is 10.2. The molecule has 0 atom stereocenters. The number of anilines is 2. The zero-order chi connectivity index (χ0) is 25.9. The molecule has 4 aromatic rings. The third kappa shape index (κ3) is 5.55. The van der Waals surface area contributed by atoms with Gasteiger partial charge in [-0.1, -0.05) is 18.2 Å². The summed E-state index contributed by atoms with van der Waals surface area (Å²) in [6.45, 7) is 1.54. The molecular weight excluding hydrogens is 486 g/mol. The Bertz CT molecular complexity index is 1630. The number of nitrogens with zero attached hydrogens (tertiary/aromatic N) is 2. The number of sulfonamides is 1. The van der Waals surface area contributed by atoms with Crippen molar-refractivity contribution in [3.8, 4) is 0 Å². The Morgan fingerprint density at radius 2 is 1.75 bits per heavy atom. The van der Waals surface area contributed by atoms with E-state index in [1.54, 1.807) is 31.2 Å². The molecule has 11 nitrogen and oxygen atoms in total.